The molecule has 0 saturated carbocycles. The molecular weight excluding hydrogens is 268 g/mol. The number of urea groups is 1. The molecule has 1 atom stereocenters. The first kappa shape index (κ1) is 15.6. The smallest absolute Gasteiger partial charge is 0.319 e. The van der Waals surface area contributed by atoms with E-state index in [-0.39, 0.29) is 12.1 Å². The zero-order chi connectivity index (χ0) is 15.1. The molecule has 1 fully saturated rings. The molecule has 1 aromatic rings. The summed E-state index contributed by atoms with van der Waals surface area (Å²) in [7, 11) is 1.56. The van der Waals surface area contributed by atoms with Crippen LogP contribution in [0, 0.1) is 0 Å². The third-order valence-corrected chi connectivity index (χ3v) is 3.71. The molecule has 2 rings (SSSR count). The minimum atomic E-state index is -0.187. The predicted octanol–water partition coefficient (Wildman–Crippen LogP) is 2.09. The molecule has 1 aliphatic heterocycles. The highest BCUT2D eigenvalue weighted by molar-refractivity contribution is 5.89. The van der Waals surface area contributed by atoms with Crippen molar-refractivity contribution in [1.82, 2.24) is 15.2 Å². The first-order valence-corrected chi connectivity index (χ1v) is 7.51. The number of likely N-dealkylation sites (tertiary alicyclic amines) is 1. The monoisotopic (exact) mass is 292 g/mol. The minimum absolute atomic E-state index is 0.175. The fraction of sp³-hybridized carbons (Fsp3) is 0.600. The summed E-state index contributed by atoms with van der Waals surface area (Å²) in [5.41, 5.74) is 0.657. The van der Waals surface area contributed by atoms with Gasteiger partial charge in [0.1, 0.15) is 0 Å². The third kappa shape index (κ3) is 4.90. The molecule has 0 unspecified atom stereocenters. The van der Waals surface area contributed by atoms with Gasteiger partial charge in [-0.1, -0.05) is 6.92 Å². The molecular formula is C15H24N4O2. The van der Waals surface area contributed by atoms with Crippen LogP contribution in [0.2, 0.25) is 0 Å². The number of aromatic nitrogens is 1. The van der Waals surface area contributed by atoms with Crippen LogP contribution < -0.4 is 15.4 Å². The maximum Gasteiger partial charge on any atom is 0.319 e. The lowest BCUT2D eigenvalue weighted by atomic mass is 10.2. The molecule has 116 valence electrons. The van der Waals surface area contributed by atoms with Crippen LogP contribution in [0.25, 0.3) is 0 Å². The Balaban J connectivity index is 1.80. The Morgan fingerprint density at radius 1 is 1.43 bits per heavy atom. The second-order valence-electron chi connectivity index (χ2n) is 5.30. The Hall–Kier alpha value is -1.82. The van der Waals surface area contributed by atoms with Crippen molar-refractivity contribution < 1.29 is 9.53 Å². The highest BCUT2D eigenvalue weighted by Gasteiger charge is 2.17. The summed E-state index contributed by atoms with van der Waals surface area (Å²) in [6.07, 6.45) is 5.03. The van der Waals surface area contributed by atoms with Crippen LogP contribution in [0.4, 0.5) is 10.5 Å². The molecule has 21 heavy (non-hydrogen) atoms. The van der Waals surface area contributed by atoms with E-state index in [4.69, 9.17) is 4.74 Å². The number of rotatable bonds is 6. The molecule has 0 bridgehead atoms. The first-order valence-electron chi connectivity index (χ1n) is 7.51. The summed E-state index contributed by atoms with van der Waals surface area (Å²) < 4.78 is 4.99. The van der Waals surface area contributed by atoms with Crippen molar-refractivity contribution in [2.75, 3.05) is 32.1 Å². The number of pyridine rings is 1. The second-order valence-corrected chi connectivity index (χ2v) is 5.30. The van der Waals surface area contributed by atoms with Crippen LogP contribution in [0.3, 0.4) is 0 Å². The number of nitrogens with zero attached hydrogens (tertiary/aromatic N) is 2. The molecule has 1 aromatic heterocycles. The van der Waals surface area contributed by atoms with Gasteiger partial charge in [0, 0.05) is 18.7 Å². The molecule has 2 N–H and O–H groups in total. The first-order chi connectivity index (χ1) is 10.2. The van der Waals surface area contributed by atoms with Gasteiger partial charge in [-0.15, -0.1) is 0 Å². The van der Waals surface area contributed by atoms with Gasteiger partial charge >= 0.3 is 6.03 Å². The van der Waals surface area contributed by atoms with Gasteiger partial charge in [-0.25, -0.2) is 9.78 Å². The van der Waals surface area contributed by atoms with Crippen molar-refractivity contribution in [3.05, 3.63) is 18.3 Å². The second kappa shape index (κ2) is 7.83. The highest BCUT2D eigenvalue weighted by atomic mass is 16.5. The number of carbonyl (C=O) groups excluding carboxylic acids is 1. The SMILES string of the molecule is CC[C@@H](CN1CCCC1)NC(=O)Nc1ccc(OC)nc1. The van der Waals surface area contributed by atoms with E-state index < -0.39 is 0 Å². The van der Waals surface area contributed by atoms with E-state index in [1.807, 2.05) is 0 Å². The summed E-state index contributed by atoms with van der Waals surface area (Å²) in [6.45, 7) is 5.30. The maximum atomic E-state index is 12.0. The highest BCUT2D eigenvalue weighted by Crippen LogP contribution is 2.11. The molecule has 2 heterocycles. The van der Waals surface area contributed by atoms with Crippen molar-refractivity contribution in [3.63, 3.8) is 0 Å². The number of amides is 2. The van der Waals surface area contributed by atoms with Crippen LogP contribution >= 0.6 is 0 Å². The average Bonchev–Trinajstić information content (AvgIpc) is 3.00. The Kier molecular flexibility index (Phi) is 5.80. The van der Waals surface area contributed by atoms with Crippen LogP contribution in [0.5, 0.6) is 5.88 Å². The summed E-state index contributed by atoms with van der Waals surface area (Å²) >= 11 is 0. The van der Waals surface area contributed by atoms with E-state index in [1.54, 1.807) is 25.4 Å². The van der Waals surface area contributed by atoms with Gasteiger partial charge in [0.15, 0.2) is 0 Å². The van der Waals surface area contributed by atoms with Crippen molar-refractivity contribution >= 4 is 11.7 Å². The number of hydrogen-bond acceptors (Lipinski definition) is 4. The molecule has 6 nitrogen and oxygen atoms in total. The van der Waals surface area contributed by atoms with Crippen molar-refractivity contribution in [2.24, 2.45) is 0 Å². The molecule has 2 amide bonds. The Labute approximate surface area is 125 Å². The number of nitrogens with one attached hydrogen (secondary N) is 2. The molecule has 1 aliphatic rings. The van der Waals surface area contributed by atoms with Gasteiger partial charge in [0.2, 0.25) is 5.88 Å². The number of anilines is 1. The maximum absolute atomic E-state index is 12.0. The van der Waals surface area contributed by atoms with Crippen LogP contribution in [0.1, 0.15) is 26.2 Å². The van der Waals surface area contributed by atoms with Crippen LogP contribution in [-0.2, 0) is 0 Å². The van der Waals surface area contributed by atoms with Crippen molar-refractivity contribution in [2.45, 2.75) is 32.2 Å². The molecule has 0 aromatic carbocycles. The van der Waals surface area contributed by atoms with E-state index in [9.17, 15) is 4.79 Å². The largest absolute Gasteiger partial charge is 0.481 e. The molecule has 0 radical (unpaired) electrons. The minimum Gasteiger partial charge on any atom is -0.481 e. The lowest BCUT2D eigenvalue weighted by Crippen LogP contribution is -2.44. The van der Waals surface area contributed by atoms with E-state index in [0.29, 0.717) is 11.6 Å². The zero-order valence-corrected chi connectivity index (χ0v) is 12.8. The topological polar surface area (TPSA) is 66.5 Å². The van der Waals surface area contributed by atoms with Gasteiger partial charge in [0.05, 0.1) is 19.0 Å². The lowest BCUT2D eigenvalue weighted by Gasteiger charge is -2.23. The van der Waals surface area contributed by atoms with Crippen molar-refractivity contribution in [1.29, 1.82) is 0 Å². The molecule has 0 spiro atoms. The lowest BCUT2D eigenvalue weighted by molar-refractivity contribution is 0.239. The van der Waals surface area contributed by atoms with E-state index in [2.05, 4.69) is 27.4 Å². The standard InChI is InChI=1S/C15H24N4O2/c1-3-12(11-19-8-4-5-9-19)17-15(20)18-13-6-7-14(21-2)16-10-13/h6-7,10,12H,3-5,8-9,11H2,1-2H3,(H2,17,18,20)/t12-/m0/s1. The van der Waals surface area contributed by atoms with Gasteiger partial charge in [0.25, 0.3) is 0 Å². The van der Waals surface area contributed by atoms with Gasteiger partial charge in [-0.05, 0) is 38.4 Å². The summed E-state index contributed by atoms with van der Waals surface area (Å²) in [4.78, 5) is 18.5. The average molecular weight is 292 g/mol. The quantitative estimate of drug-likeness (QED) is 0.842. The van der Waals surface area contributed by atoms with Crippen LogP contribution in [0.15, 0.2) is 18.3 Å². The fourth-order valence-electron chi connectivity index (χ4n) is 2.48. The Bertz CT molecular complexity index is 443. The fourth-order valence-corrected chi connectivity index (χ4v) is 2.48. The number of ether oxygens (including phenoxy) is 1. The third-order valence-electron chi connectivity index (χ3n) is 3.71. The van der Waals surface area contributed by atoms with E-state index in [1.165, 1.54) is 12.8 Å². The summed E-state index contributed by atoms with van der Waals surface area (Å²) in [5, 5.41) is 5.82. The van der Waals surface area contributed by atoms with Gasteiger partial charge in [-0.2, -0.15) is 0 Å². The molecule has 6 heteroatoms. The van der Waals surface area contributed by atoms with E-state index >= 15 is 0 Å². The molecule has 0 aliphatic carbocycles. The number of methoxy groups -OCH3 is 1. The Morgan fingerprint density at radius 2 is 2.19 bits per heavy atom. The number of hydrogen-bond donors (Lipinski definition) is 2. The molecule has 1 saturated heterocycles. The Morgan fingerprint density at radius 3 is 2.76 bits per heavy atom. The van der Waals surface area contributed by atoms with Gasteiger partial charge < -0.3 is 20.3 Å². The summed E-state index contributed by atoms with van der Waals surface area (Å²) in [5.74, 6) is 0.529. The van der Waals surface area contributed by atoms with E-state index in [0.717, 1.165) is 26.1 Å². The summed E-state index contributed by atoms with van der Waals surface area (Å²) in [6, 6.07) is 3.48. The van der Waals surface area contributed by atoms with Crippen molar-refractivity contribution in [3.8, 4) is 5.88 Å². The number of carbonyl (C=O) groups is 1. The normalized spacial score (nSPS) is 16.5. The van der Waals surface area contributed by atoms with Crippen LogP contribution in [-0.4, -0.2) is 48.7 Å². The predicted molar refractivity (Wildman–Crippen MR) is 82.7 cm³/mol. The zero-order valence-electron chi connectivity index (χ0n) is 12.8. The van der Waals surface area contributed by atoms with Gasteiger partial charge in [-0.3, -0.25) is 0 Å².